The number of phenolic OH excluding ortho intramolecular Hbond substituents is 1. The van der Waals surface area contributed by atoms with Crippen LogP contribution < -0.4 is 9.47 Å². The second-order valence-corrected chi connectivity index (χ2v) is 10.1. The first kappa shape index (κ1) is 28.7. The van der Waals surface area contributed by atoms with E-state index < -0.39 is 17.7 Å². The third kappa shape index (κ3) is 6.46. The van der Waals surface area contributed by atoms with Crippen LogP contribution in [-0.4, -0.2) is 65.5 Å². The summed E-state index contributed by atoms with van der Waals surface area (Å²) < 4.78 is 11.5. The number of likely N-dealkylation sites (tertiary alicyclic amines) is 1. The number of carbonyl (C=O) groups is 2. The van der Waals surface area contributed by atoms with E-state index in [0.717, 1.165) is 17.7 Å². The quantitative estimate of drug-likeness (QED) is 0.198. The van der Waals surface area contributed by atoms with Crippen molar-refractivity contribution >= 4 is 17.4 Å². The Morgan fingerprint density at radius 3 is 2.42 bits per heavy atom. The van der Waals surface area contributed by atoms with Gasteiger partial charge >= 0.3 is 0 Å². The number of ketones is 1. The van der Waals surface area contributed by atoms with E-state index in [-0.39, 0.29) is 22.8 Å². The Morgan fingerprint density at radius 1 is 1.00 bits per heavy atom. The number of carbonyl (C=O) groups excluding carboxylic acids is 2. The van der Waals surface area contributed by atoms with Crippen molar-refractivity contribution in [3.05, 3.63) is 94.6 Å². The molecular formula is C32H36N2O6. The van der Waals surface area contributed by atoms with Crippen LogP contribution >= 0.6 is 0 Å². The van der Waals surface area contributed by atoms with E-state index in [0.29, 0.717) is 43.1 Å². The number of aryl methyl sites for hydroxylation is 1. The van der Waals surface area contributed by atoms with E-state index in [2.05, 4.69) is 6.07 Å². The summed E-state index contributed by atoms with van der Waals surface area (Å²) in [5, 5.41) is 21.6. The molecule has 0 bridgehead atoms. The van der Waals surface area contributed by atoms with Crippen LogP contribution in [-0.2, 0) is 16.2 Å². The van der Waals surface area contributed by atoms with Gasteiger partial charge < -0.3 is 29.5 Å². The summed E-state index contributed by atoms with van der Waals surface area (Å²) in [5.74, 6) is -0.883. The number of aromatic hydroxyl groups is 1. The molecule has 210 valence electrons. The largest absolute Gasteiger partial charge is 0.507 e. The fraction of sp³-hybridized carbons (Fsp3) is 0.312. The molecule has 1 aliphatic heterocycles. The predicted octanol–water partition coefficient (Wildman–Crippen LogP) is 5.05. The van der Waals surface area contributed by atoms with Crippen LogP contribution in [0.15, 0.2) is 72.3 Å². The maximum atomic E-state index is 13.3. The van der Waals surface area contributed by atoms with Crippen molar-refractivity contribution in [3.63, 3.8) is 0 Å². The van der Waals surface area contributed by atoms with Gasteiger partial charge in [0.05, 0.1) is 18.2 Å². The second-order valence-electron chi connectivity index (χ2n) is 10.1. The minimum atomic E-state index is -0.834. The van der Waals surface area contributed by atoms with Gasteiger partial charge in [0.25, 0.3) is 11.7 Å². The molecule has 1 fully saturated rings. The molecule has 40 heavy (non-hydrogen) atoms. The molecular weight excluding hydrogens is 508 g/mol. The Labute approximate surface area is 235 Å². The molecule has 8 nitrogen and oxygen atoms in total. The molecule has 0 spiro atoms. The molecule has 4 rings (SSSR count). The van der Waals surface area contributed by atoms with Gasteiger partial charge in [-0.15, -0.1) is 0 Å². The summed E-state index contributed by atoms with van der Waals surface area (Å²) in [6.45, 7) is 5.59. The Morgan fingerprint density at radius 2 is 1.75 bits per heavy atom. The number of rotatable bonds is 11. The van der Waals surface area contributed by atoms with E-state index in [1.54, 1.807) is 43.3 Å². The minimum Gasteiger partial charge on any atom is -0.507 e. The highest BCUT2D eigenvalue weighted by molar-refractivity contribution is 6.46. The van der Waals surface area contributed by atoms with Gasteiger partial charge in [-0.1, -0.05) is 35.9 Å². The van der Waals surface area contributed by atoms with Gasteiger partial charge in [-0.3, -0.25) is 9.59 Å². The smallest absolute Gasteiger partial charge is 0.295 e. The summed E-state index contributed by atoms with van der Waals surface area (Å²) in [4.78, 5) is 30.0. The monoisotopic (exact) mass is 544 g/mol. The van der Waals surface area contributed by atoms with E-state index in [1.165, 1.54) is 11.0 Å². The second kappa shape index (κ2) is 12.7. The SMILES string of the molecule is CCOc1cc(C2/C(=C(/O)c3ccc(OCc4cccc(C)c4)cc3)C(=O)C(=O)N2CCCN(C)C)ccc1O. The van der Waals surface area contributed by atoms with Gasteiger partial charge in [0, 0.05) is 12.1 Å². The molecule has 3 aromatic rings. The third-order valence-electron chi connectivity index (χ3n) is 6.76. The zero-order valence-corrected chi connectivity index (χ0v) is 23.4. The highest BCUT2D eigenvalue weighted by Gasteiger charge is 2.46. The van der Waals surface area contributed by atoms with Crippen molar-refractivity contribution in [2.75, 3.05) is 33.8 Å². The van der Waals surface area contributed by atoms with Gasteiger partial charge in [0.15, 0.2) is 11.5 Å². The van der Waals surface area contributed by atoms with Crippen molar-refractivity contribution in [2.45, 2.75) is 32.9 Å². The minimum absolute atomic E-state index is 0.00331. The summed E-state index contributed by atoms with van der Waals surface area (Å²) in [7, 11) is 3.88. The topological polar surface area (TPSA) is 99.5 Å². The Balaban J connectivity index is 1.67. The average Bonchev–Trinajstić information content (AvgIpc) is 3.18. The summed E-state index contributed by atoms with van der Waals surface area (Å²) in [6, 6.07) is 18.7. The molecule has 3 aromatic carbocycles. The highest BCUT2D eigenvalue weighted by Crippen LogP contribution is 2.42. The number of amides is 1. The highest BCUT2D eigenvalue weighted by atomic mass is 16.5. The zero-order valence-electron chi connectivity index (χ0n) is 23.4. The summed E-state index contributed by atoms with van der Waals surface area (Å²) >= 11 is 0. The molecule has 1 amide bonds. The van der Waals surface area contributed by atoms with Gasteiger partial charge in [-0.2, -0.15) is 0 Å². The van der Waals surface area contributed by atoms with Gasteiger partial charge in [-0.05, 0) is 88.4 Å². The van der Waals surface area contributed by atoms with Crippen LogP contribution in [0.25, 0.3) is 5.76 Å². The van der Waals surface area contributed by atoms with Crippen molar-refractivity contribution in [2.24, 2.45) is 0 Å². The number of phenols is 1. The lowest BCUT2D eigenvalue weighted by atomic mass is 9.95. The van der Waals surface area contributed by atoms with Crippen molar-refractivity contribution in [1.82, 2.24) is 9.80 Å². The first-order valence-corrected chi connectivity index (χ1v) is 13.4. The maximum Gasteiger partial charge on any atom is 0.295 e. The summed E-state index contributed by atoms with van der Waals surface area (Å²) in [6.07, 6.45) is 0.639. The van der Waals surface area contributed by atoms with Crippen LogP contribution in [0.4, 0.5) is 0 Å². The van der Waals surface area contributed by atoms with Crippen LogP contribution in [0, 0.1) is 6.92 Å². The molecule has 8 heteroatoms. The van der Waals surface area contributed by atoms with Gasteiger partial charge in [-0.25, -0.2) is 0 Å². The maximum absolute atomic E-state index is 13.3. The van der Waals surface area contributed by atoms with Crippen LogP contribution in [0.1, 0.15) is 41.6 Å². The molecule has 0 aromatic heterocycles. The predicted molar refractivity (Wildman–Crippen MR) is 153 cm³/mol. The fourth-order valence-electron chi connectivity index (χ4n) is 4.82. The Bertz CT molecular complexity index is 1400. The molecule has 1 unspecified atom stereocenters. The first-order chi connectivity index (χ1) is 19.2. The van der Waals surface area contributed by atoms with Gasteiger partial charge in [0.2, 0.25) is 0 Å². The molecule has 1 atom stereocenters. The van der Waals surface area contributed by atoms with Crippen LogP contribution in [0.2, 0.25) is 0 Å². The number of nitrogens with zero attached hydrogens (tertiary/aromatic N) is 2. The van der Waals surface area contributed by atoms with E-state index in [1.807, 2.05) is 44.1 Å². The van der Waals surface area contributed by atoms with Crippen molar-refractivity contribution in [3.8, 4) is 17.2 Å². The number of ether oxygens (including phenoxy) is 2. The van der Waals surface area contributed by atoms with E-state index in [4.69, 9.17) is 9.47 Å². The molecule has 0 radical (unpaired) electrons. The lowest BCUT2D eigenvalue weighted by Gasteiger charge is -2.26. The standard InChI is InChI=1S/C32H36N2O6/c1-5-39-27-19-24(12-15-26(27)35)29-28(31(37)32(38)34(29)17-7-16-33(3)4)30(36)23-10-13-25(14-11-23)40-20-22-9-6-8-21(2)18-22/h6,8-15,18-19,29,35-36H,5,7,16-17,20H2,1-4H3/b30-28-. The third-order valence-corrected chi connectivity index (χ3v) is 6.76. The van der Waals surface area contributed by atoms with Gasteiger partial charge in [0.1, 0.15) is 18.1 Å². The lowest BCUT2D eigenvalue weighted by molar-refractivity contribution is -0.139. The number of hydrogen-bond donors (Lipinski definition) is 2. The number of hydrogen-bond acceptors (Lipinski definition) is 7. The molecule has 2 N–H and O–H groups in total. The fourth-order valence-corrected chi connectivity index (χ4v) is 4.82. The number of aliphatic hydroxyl groups is 1. The molecule has 1 heterocycles. The normalized spacial score (nSPS) is 16.5. The van der Waals surface area contributed by atoms with E-state index in [9.17, 15) is 19.8 Å². The number of aliphatic hydroxyl groups excluding tert-OH is 1. The first-order valence-electron chi connectivity index (χ1n) is 13.4. The Hall–Kier alpha value is -4.30. The molecule has 0 aliphatic carbocycles. The Kier molecular flexibility index (Phi) is 9.11. The van der Waals surface area contributed by atoms with Crippen molar-refractivity contribution in [1.29, 1.82) is 0 Å². The molecule has 0 saturated carbocycles. The molecule has 1 aliphatic rings. The van der Waals surface area contributed by atoms with Crippen molar-refractivity contribution < 1.29 is 29.3 Å². The molecule has 1 saturated heterocycles. The number of benzene rings is 3. The van der Waals surface area contributed by atoms with Crippen LogP contribution in [0.5, 0.6) is 17.2 Å². The zero-order chi connectivity index (χ0) is 28.8. The summed E-state index contributed by atoms with van der Waals surface area (Å²) in [5.41, 5.74) is 3.14. The van der Waals surface area contributed by atoms with Crippen LogP contribution in [0.3, 0.4) is 0 Å². The average molecular weight is 545 g/mol. The lowest BCUT2D eigenvalue weighted by Crippen LogP contribution is -2.32. The van der Waals surface area contributed by atoms with E-state index >= 15 is 0 Å². The number of Topliss-reactive ketones (excluding diaryl/α,β-unsaturated/α-hetero) is 1.